The summed E-state index contributed by atoms with van der Waals surface area (Å²) in [6.07, 6.45) is -3.72. The van der Waals surface area contributed by atoms with Gasteiger partial charge in [-0.25, -0.2) is 13.4 Å². The van der Waals surface area contributed by atoms with Crippen molar-refractivity contribution in [3.05, 3.63) is 102 Å². The van der Waals surface area contributed by atoms with E-state index in [1.807, 2.05) is 19.1 Å². The Kier molecular flexibility index (Phi) is 12.8. The molecule has 0 aliphatic rings. The van der Waals surface area contributed by atoms with Gasteiger partial charge < -0.3 is 30.9 Å². The van der Waals surface area contributed by atoms with Crippen LogP contribution < -0.4 is 25.8 Å². The van der Waals surface area contributed by atoms with Crippen LogP contribution in [0.5, 0.6) is 5.75 Å². The second kappa shape index (κ2) is 17.0. The molecule has 3 aromatic carbocycles. The number of rotatable bonds is 17. The first-order valence-electron chi connectivity index (χ1n) is 15.7. The molecule has 14 heteroatoms. The molecule has 4 aromatic rings. The highest BCUT2D eigenvalue weighted by Crippen LogP contribution is 2.19. The number of carbonyl (C=O) groups is 3. The zero-order valence-corrected chi connectivity index (χ0v) is 28.2. The maximum Gasteiger partial charge on any atom is 0.270 e. The van der Waals surface area contributed by atoms with E-state index in [-0.39, 0.29) is 17.0 Å². The summed E-state index contributed by atoms with van der Waals surface area (Å²) in [4.78, 5) is 43.3. The number of benzene rings is 3. The number of hydrogen-bond acceptors (Lipinski definition) is 9. The lowest BCUT2D eigenvalue weighted by Crippen LogP contribution is -2.59. The molecule has 0 aliphatic heterocycles. The van der Waals surface area contributed by atoms with Crippen LogP contribution >= 0.6 is 0 Å². The molecule has 0 saturated heterocycles. The van der Waals surface area contributed by atoms with Gasteiger partial charge in [-0.05, 0) is 61.7 Å². The number of nitrogens with two attached hydrogens (primary N) is 1. The van der Waals surface area contributed by atoms with Crippen LogP contribution in [-0.2, 0) is 30.8 Å². The van der Waals surface area contributed by atoms with Gasteiger partial charge in [0.05, 0.1) is 36.1 Å². The van der Waals surface area contributed by atoms with E-state index in [0.717, 1.165) is 5.39 Å². The lowest BCUT2D eigenvalue weighted by Gasteiger charge is -2.33. The number of hydrogen-bond donors (Lipinski definition) is 5. The van der Waals surface area contributed by atoms with Crippen molar-refractivity contribution in [1.29, 1.82) is 0 Å². The van der Waals surface area contributed by atoms with Crippen molar-refractivity contribution in [2.45, 2.75) is 68.5 Å². The normalized spacial score (nSPS) is 14.6. The number of aliphatic hydroxyl groups excluding tert-OH is 1. The number of para-hydroxylation sites is 1. The summed E-state index contributed by atoms with van der Waals surface area (Å²) in [5, 5.41) is 17.8. The molecule has 1 heterocycles. The van der Waals surface area contributed by atoms with Gasteiger partial charge in [-0.15, -0.1) is 0 Å². The highest BCUT2D eigenvalue weighted by Gasteiger charge is 2.36. The number of aliphatic hydroxyl groups is 1. The van der Waals surface area contributed by atoms with Gasteiger partial charge in [0.2, 0.25) is 21.8 Å². The van der Waals surface area contributed by atoms with E-state index in [2.05, 4.69) is 20.3 Å². The Morgan fingerprint density at radius 1 is 0.918 bits per heavy atom. The SMILES string of the molecule is CCC(C)OC(NS(=O)(=O)c1ccc(OC)cc1)[C@H](O)[C@H](Cc1ccccc1)NC(=O)[C@H](CC(N)=O)NC(=O)c1ccc2ccccc2n1. The van der Waals surface area contributed by atoms with Gasteiger partial charge in [0, 0.05) is 5.39 Å². The minimum Gasteiger partial charge on any atom is -0.497 e. The largest absolute Gasteiger partial charge is 0.497 e. The van der Waals surface area contributed by atoms with Crippen molar-refractivity contribution in [3.8, 4) is 5.75 Å². The number of sulfonamides is 1. The quantitative estimate of drug-likeness (QED) is 0.103. The fourth-order valence-corrected chi connectivity index (χ4v) is 6.09. The van der Waals surface area contributed by atoms with Crippen LogP contribution in [0.1, 0.15) is 42.7 Å². The molecule has 2 unspecified atom stereocenters. The third-order valence-corrected chi connectivity index (χ3v) is 9.24. The Bertz CT molecular complexity index is 1840. The summed E-state index contributed by atoms with van der Waals surface area (Å²) in [6, 6.07) is 22.3. The molecule has 13 nitrogen and oxygen atoms in total. The predicted octanol–water partition coefficient (Wildman–Crippen LogP) is 2.43. The number of pyridine rings is 1. The summed E-state index contributed by atoms with van der Waals surface area (Å²) < 4.78 is 40.4. The average molecular weight is 692 g/mol. The number of fused-ring (bicyclic) bond motifs is 1. The van der Waals surface area contributed by atoms with E-state index < -0.39 is 64.7 Å². The summed E-state index contributed by atoms with van der Waals surface area (Å²) in [5.74, 6) is -1.98. The van der Waals surface area contributed by atoms with Crippen LogP contribution in [0.3, 0.4) is 0 Å². The molecular formula is C35H41N5O8S. The van der Waals surface area contributed by atoms with E-state index in [1.54, 1.807) is 55.5 Å². The number of amides is 3. The highest BCUT2D eigenvalue weighted by atomic mass is 32.2. The van der Waals surface area contributed by atoms with Gasteiger partial charge in [-0.1, -0.05) is 61.5 Å². The molecule has 6 N–H and O–H groups in total. The zero-order valence-electron chi connectivity index (χ0n) is 27.4. The molecule has 49 heavy (non-hydrogen) atoms. The summed E-state index contributed by atoms with van der Waals surface area (Å²) in [7, 11) is -2.79. The Labute approximate surface area is 285 Å². The molecule has 1 aromatic heterocycles. The van der Waals surface area contributed by atoms with Gasteiger partial charge in [-0.3, -0.25) is 14.4 Å². The van der Waals surface area contributed by atoms with E-state index in [1.165, 1.54) is 37.4 Å². The fourth-order valence-electron chi connectivity index (χ4n) is 4.95. The van der Waals surface area contributed by atoms with Crippen molar-refractivity contribution in [2.75, 3.05) is 7.11 Å². The molecule has 3 amide bonds. The molecule has 0 saturated carbocycles. The topological polar surface area (TPSA) is 199 Å². The van der Waals surface area contributed by atoms with Gasteiger partial charge in [0.1, 0.15) is 29.8 Å². The molecule has 0 aliphatic carbocycles. The van der Waals surface area contributed by atoms with Gasteiger partial charge in [-0.2, -0.15) is 4.72 Å². The van der Waals surface area contributed by atoms with Gasteiger partial charge in [0.15, 0.2) is 0 Å². The monoisotopic (exact) mass is 691 g/mol. The highest BCUT2D eigenvalue weighted by molar-refractivity contribution is 7.89. The average Bonchev–Trinajstić information content (AvgIpc) is 3.10. The number of primary amides is 1. The van der Waals surface area contributed by atoms with E-state index in [4.69, 9.17) is 15.2 Å². The van der Waals surface area contributed by atoms with Gasteiger partial charge in [0.25, 0.3) is 5.91 Å². The van der Waals surface area contributed by atoms with Crippen molar-refractivity contribution < 1.29 is 37.4 Å². The Balaban J connectivity index is 1.62. The maximum atomic E-state index is 13.8. The Hall–Kier alpha value is -4.89. The first kappa shape index (κ1) is 36.9. The number of methoxy groups -OCH3 is 1. The summed E-state index contributed by atoms with van der Waals surface area (Å²) >= 11 is 0. The second-order valence-electron chi connectivity index (χ2n) is 11.5. The Morgan fingerprint density at radius 3 is 2.24 bits per heavy atom. The number of aromatic nitrogens is 1. The maximum absolute atomic E-state index is 13.8. The standard InChI is InChI=1S/C35H41N5O8S/c1-4-22(2)48-35(40-49(45,46)26-17-15-25(47-3)16-18-26)32(42)29(20-23-10-6-5-7-11-23)38-34(44)30(21-31(36)41)39-33(43)28-19-14-24-12-8-9-13-27(24)37-28/h5-19,22,29-30,32,35,40,42H,4,20-21H2,1-3H3,(H2,36,41)(H,38,44)(H,39,43)/t22?,29-,30-,32+,35?/m0/s1. The number of ether oxygens (including phenoxy) is 2. The van der Waals surface area contributed by atoms with Gasteiger partial charge >= 0.3 is 0 Å². The van der Waals surface area contributed by atoms with Crippen molar-refractivity contribution in [2.24, 2.45) is 5.73 Å². The van der Waals surface area contributed by atoms with E-state index in [0.29, 0.717) is 23.3 Å². The number of carbonyl (C=O) groups excluding carboxylic acids is 3. The lowest BCUT2D eigenvalue weighted by atomic mass is 9.99. The fraction of sp³-hybridized carbons (Fsp3) is 0.314. The van der Waals surface area contributed by atoms with Crippen LogP contribution in [-0.4, -0.2) is 73.9 Å². The summed E-state index contributed by atoms with van der Waals surface area (Å²) in [5.41, 5.74) is 6.72. The molecule has 0 spiro atoms. The second-order valence-corrected chi connectivity index (χ2v) is 13.2. The van der Waals surface area contributed by atoms with Crippen LogP contribution in [0.15, 0.2) is 95.9 Å². The van der Waals surface area contributed by atoms with Crippen LogP contribution in [0, 0.1) is 0 Å². The molecule has 260 valence electrons. The van der Waals surface area contributed by atoms with E-state index >= 15 is 0 Å². The lowest BCUT2D eigenvalue weighted by molar-refractivity contribution is -0.130. The first-order valence-corrected chi connectivity index (χ1v) is 17.2. The molecular weight excluding hydrogens is 650 g/mol. The van der Waals surface area contributed by atoms with Crippen LogP contribution in [0.2, 0.25) is 0 Å². The molecule has 4 rings (SSSR count). The molecule has 0 bridgehead atoms. The van der Waals surface area contributed by atoms with Crippen LogP contribution in [0.4, 0.5) is 0 Å². The number of nitrogens with one attached hydrogen (secondary N) is 3. The third kappa shape index (κ3) is 10.3. The zero-order chi connectivity index (χ0) is 35.6. The minimum absolute atomic E-state index is 0.0109. The molecule has 5 atom stereocenters. The number of nitrogens with zero attached hydrogens (tertiary/aromatic N) is 1. The molecule has 0 radical (unpaired) electrons. The predicted molar refractivity (Wildman–Crippen MR) is 183 cm³/mol. The third-order valence-electron chi connectivity index (χ3n) is 7.80. The van der Waals surface area contributed by atoms with E-state index in [9.17, 15) is 27.9 Å². The first-order chi connectivity index (χ1) is 23.4. The van der Waals surface area contributed by atoms with Crippen LogP contribution in [0.25, 0.3) is 10.9 Å². The summed E-state index contributed by atoms with van der Waals surface area (Å²) in [6.45, 7) is 3.54. The van der Waals surface area contributed by atoms with Crippen molar-refractivity contribution in [1.82, 2.24) is 20.3 Å². The minimum atomic E-state index is -4.24. The molecule has 0 fully saturated rings. The Morgan fingerprint density at radius 2 is 1.59 bits per heavy atom. The van der Waals surface area contributed by atoms with Crippen molar-refractivity contribution in [3.63, 3.8) is 0 Å². The van der Waals surface area contributed by atoms with Crippen molar-refractivity contribution >= 4 is 38.6 Å². The smallest absolute Gasteiger partial charge is 0.270 e.